The number of aromatic nitrogens is 2. The van der Waals surface area contributed by atoms with Crippen LogP contribution in [0.4, 0.5) is 0 Å². The molecule has 0 radical (unpaired) electrons. The van der Waals surface area contributed by atoms with Crippen LogP contribution < -0.4 is 5.56 Å². The first-order chi connectivity index (χ1) is 9.26. The van der Waals surface area contributed by atoms with E-state index in [1.165, 1.54) is 11.3 Å². The first-order valence-electron chi connectivity index (χ1n) is 6.67. The second-order valence-electron chi connectivity index (χ2n) is 4.85. The highest BCUT2D eigenvalue weighted by Crippen LogP contribution is 2.09. The molecule has 1 fully saturated rings. The summed E-state index contributed by atoms with van der Waals surface area (Å²) in [7, 11) is 0. The van der Waals surface area contributed by atoms with Crippen LogP contribution in [0.1, 0.15) is 12.6 Å². The molecule has 3 rings (SSSR count). The lowest BCUT2D eigenvalue weighted by atomic mass is 10.3. The van der Waals surface area contributed by atoms with Gasteiger partial charge in [-0.3, -0.25) is 14.1 Å². The number of piperazine rings is 1. The summed E-state index contributed by atoms with van der Waals surface area (Å²) < 4.78 is 1.60. The van der Waals surface area contributed by atoms with Gasteiger partial charge in [0.1, 0.15) is 0 Å². The van der Waals surface area contributed by atoms with Crippen LogP contribution in [0.3, 0.4) is 0 Å². The Labute approximate surface area is 116 Å². The van der Waals surface area contributed by atoms with Crippen LogP contribution in [-0.2, 0) is 6.54 Å². The highest BCUT2D eigenvalue weighted by atomic mass is 32.1. The maximum absolute atomic E-state index is 11.9. The molecule has 2 aromatic heterocycles. The number of rotatable bonds is 3. The Morgan fingerprint density at radius 1 is 1.26 bits per heavy atom. The molecule has 3 heterocycles. The lowest BCUT2D eigenvalue weighted by Gasteiger charge is -2.33. The first-order valence-corrected chi connectivity index (χ1v) is 7.54. The minimum absolute atomic E-state index is 0.0217. The number of hydrogen-bond donors (Lipinski definition) is 0. The molecule has 19 heavy (non-hydrogen) atoms. The second kappa shape index (κ2) is 5.40. The molecule has 0 unspecified atom stereocenters. The lowest BCUT2D eigenvalue weighted by molar-refractivity contribution is 0.131. The minimum atomic E-state index is 0.0217. The van der Waals surface area contributed by atoms with Crippen molar-refractivity contribution in [2.75, 3.05) is 32.7 Å². The van der Waals surface area contributed by atoms with E-state index in [9.17, 15) is 4.79 Å². The molecule has 5 nitrogen and oxygen atoms in total. The molecular formula is C13H18N4OS. The number of nitrogens with zero attached hydrogens (tertiary/aromatic N) is 4. The highest BCUT2D eigenvalue weighted by molar-refractivity contribution is 7.15. The quantitative estimate of drug-likeness (QED) is 0.836. The molecule has 0 N–H and O–H groups in total. The van der Waals surface area contributed by atoms with E-state index in [1.807, 2.05) is 5.38 Å². The Morgan fingerprint density at radius 3 is 2.74 bits per heavy atom. The minimum Gasteiger partial charge on any atom is -0.301 e. The zero-order valence-corrected chi connectivity index (χ0v) is 11.9. The maximum Gasteiger partial charge on any atom is 0.258 e. The fraction of sp³-hybridized carbons (Fsp3) is 0.538. The van der Waals surface area contributed by atoms with Crippen molar-refractivity contribution in [3.05, 3.63) is 33.7 Å². The maximum atomic E-state index is 11.9. The second-order valence-corrected chi connectivity index (χ2v) is 5.72. The standard InChI is InChI=1S/C13H18N4OS/c1-2-15-3-5-16(6-4-15)10-11-9-12(18)17-7-8-19-13(17)14-11/h7-9H,2-6,10H2,1H3. The van der Waals surface area contributed by atoms with E-state index in [0.717, 1.165) is 49.9 Å². The largest absolute Gasteiger partial charge is 0.301 e. The van der Waals surface area contributed by atoms with Gasteiger partial charge in [-0.25, -0.2) is 4.98 Å². The average Bonchev–Trinajstić information content (AvgIpc) is 2.88. The molecule has 1 saturated heterocycles. The molecule has 1 aliphatic heterocycles. The summed E-state index contributed by atoms with van der Waals surface area (Å²) in [5.74, 6) is 0. The monoisotopic (exact) mass is 278 g/mol. The zero-order valence-electron chi connectivity index (χ0n) is 11.1. The molecule has 1 aliphatic rings. The van der Waals surface area contributed by atoms with E-state index in [2.05, 4.69) is 21.7 Å². The van der Waals surface area contributed by atoms with Crippen LogP contribution in [0.15, 0.2) is 22.4 Å². The summed E-state index contributed by atoms with van der Waals surface area (Å²) in [6.45, 7) is 8.42. The molecule has 0 amide bonds. The SMILES string of the molecule is CCN1CCN(Cc2cc(=O)n3ccsc3n2)CC1. The van der Waals surface area contributed by atoms with Crippen molar-refractivity contribution in [2.45, 2.75) is 13.5 Å². The molecule has 0 spiro atoms. The van der Waals surface area contributed by atoms with E-state index in [4.69, 9.17) is 0 Å². The fourth-order valence-electron chi connectivity index (χ4n) is 2.46. The van der Waals surface area contributed by atoms with Crippen molar-refractivity contribution in [1.29, 1.82) is 0 Å². The van der Waals surface area contributed by atoms with Crippen LogP contribution in [0.25, 0.3) is 4.96 Å². The number of hydrogen-bond acceptors (Lipinski definition) is 5. The van der Waals surface area contributed by atoms with Crippen molar-refractivity contribution in [1.82, 2.24) is 19.2 Å². The van der Waals surface area contributed by atoms with Crippen LogP contribution >= 0.6 is 11.3 Å². The molecule has 0 bridgehead atoms. The molecule has 0 aliphatic carbocycles. The average molecular weight is 278 g/mol. The Kier molecular flexibility index (Phi) is 3.63. The summed E-state index contributed by atoms with van der Waals surface area (Å²) >= 11 is 1.51. The fourth-order valence-corrected chi connectivity index (χ4v) is 3.20. The van der Waals surface area contributed by atoms with Crippen molar-refractivity contribution >= 4 is 16.3 Å². The molecule has 0 aromatic carbocycles. The normalized spacial score (nSPS) is 18.2. The number of fused-ring (bicyclic) bond motifs is 1. The lowest BCUT2D eigenvalue weighted by Crippen LogP contribution is -2.45. The predicted molar refractivity (Wildman–Crippen MR) is 76.7 cm³/mol. The number of likely N-dealkylation sites (N-methyl/N-ethyl adjacent to an activating group) is 1. The van der Waals surface area contributed by atoms with Crippen LogP contribution in [0.2, 0.25) is 0 Å². The van der Waals surface area contributed by atoms with Gasteiger partial charge in [-0.1, -0.05) is 6.92 Å². The van der Waals surface area contributed by atoms with E-state index >= 15 is 0 Å². The Bertz CT molecular complexity index is 612. The Balaban J connectivity index is 1.73. The molecule has 102 valence electrons. The van der Waals surface area contributed by atoms with E-state index in [1.54, 1.807) is 16.7 Å². The third-order valence-electron chi connectivity index (χ3n) is 3.65. The molecule has 6 heteroatoms. The summed E-state index contributed by atoms with van der Waals surface area (Å²) in [5.41, 5.74) is 0.908. The van der Waals surface area contributed by atoms with Gasteiger partial charge in [0.25, 0.3) is 5.56 Å². The van der Waals surface area contributed by atoms with Crippen LogP contribution in [-0.4, -0.2) is 51.9 Å². The van der Waals surface area contributed by atoms with Gasteiger partial charge >= 0.3 is 0 Å². The van der Waals surface area contributed by atoms with Crippen molar-refractivity contribution < 1.29 is 0 Å². The molecular weight excluding hydrogens is 260 g/mol. The van der Waals surface area contributed by atoms with E-state index in [-0.39, 0.29) is 5.56 Å². The van der Waals surface area contributed by atoms with Crippen LogP contribution in [0, 0.1) is 0 Å². The molecule has 2 aromatic rings. The van der Waals surface area contributed by atoms with Gasteiger partial charge < -0.3 is 4.90 Å². The van der Waals surface area contributed by atoms with Gasteiger partial charge in [-0.05, 0) is 6.54 Å². The molecule has 0 atom stereocenters. The zero-order chi connectivity index (χ0) is 13.2. The summed E-state index contributed by atoms with van der Waals surface area (Å²) in [4.78, 5) is 22.1. The van der Waals surface area contributed by atoms with Crippen molar-refractivity contribution in [3.63, 3.8) is 0 Å². The van der Waals surface area contributed by atoms with Crippen molar-refractivity contribution in [3.8, 4) is 0 Å². The first kappa shape index (κ1) is 12.8. The van der Waals surface area contributed by atoms with Gasteiger partial charge in [0, 0.05) is 50.4 Å². The summed E-state index contributed by atoms with van der Waals surface area (Å²) in [5, 5.41) is 1.90. The van der Waals surface area contributed by atoms with Gasteiger partial charge in [0.05, 0.1) is 5.69 Å². The number of thiazole rings is 1. The van der Waals surface area contributed by atoms with Gasteiger partial charge in [0.15, 0.2) is 4.96 Å². The highest BCUT2D eigenvalue weighted by Gasteiger charge is 2.16. The van der Waals surface area contributed by atoms with Crippen LogP contribution in [0.5, 0.6) is 0 Å². The topological polar surface area (TPSA) is 40.9 Å². The third-order valence-corrected chi connectivity index (χ3v) is 4.41. The predicted octanol–water partition coefficient (Wildman–Crippen LogP) is 0.893. The van der Waals surface area contributed by atoms with Crippen molar-refractivity contribution in [2.24, 2.45) is 0 Å². The van der Waals surface area contributed by atoms with E-state index in [0.29, 0.717) is 0 Å². The smallest absolute Gasteiger partial charge is 0.258 e. The van der Waals surface area contributed by atoms with Gasteiger partial charge in [-0.2, -0.15) is 0 Å². The third kappa shape index (κ3) is 2.70. The van der Waals surface area contributed by atoms with Gasteiger partial charge in [-0.15, -0.1) is 11.3 Å². The molecule has 0 saturated carbocycles. The van der Waals surface area contributed by atoms with Gasteiger partial charge in [0.2, 0.25) is 0 Å². The van der Waals surface area contributed by atoms with E-state index < -0.39 is 0 Å². The summed E-state index contributed by atoms with van der Waals surface area (Å²) in [6.07, 6.45) is 1.78. The summed E-state index contributed by atoms with van der Waals surface area (Å²) in [6, 6.07) is 1.66. The Hall–Kier alpha value is -1.24. The Morgan fingerprint density at radius 2 is 2.00 bits per heavy atom.